The standard InChI is InChI=1S/C18H20F3N3O2S/c1-17(2,3)16-24-10-13(27-16)15(26)23-9-8-22-14(25)11-4-6-12(7-5-11)18(19,20)21/h4-7,10H,8-9H2,1-3H3,(H,22,25)(H,23,26). The second-order valence-electron chi connectivity index (χ2n) is 6.87. The number of hydrogen-bond acceptors (Lipinski definition) is 4. The fourth-order valence-corrected chi connectivity index (χ4v) is 2.97. The highest BCUT2D eigenvalue weighted by Gasteiger charge is 2.30. The minimum absolute atomic E-state index is 0.117. The lowest BCUT2D eigenvalue weighted by Gasteiger charge is -2.13. The molecule has 0 radical (unpaired) electrons. The Morgan fingerprint density at radius 3 is 2.04 bits per heavy atom. The smallest absolute Gasteiger partial charge is 0.350 e. The van der Waals surface area contributed by atoms with Crippen LogP contribution in [0.5, 0.6) is 0 Å². The fraction of sp³-hybridized carbons (Fsp3) is 0.389. The van der Waals surface area contributed by atoms with Gasteiger partial charge in [0.05, 0.1) is 16.8 Å². The van der Waals surface area contributed by atoms with Gasteiger partial charge < -0.3 is 10.6 Å². The van der Waals surface area contributed by atoms with E-state index in [4.69, 9.17) is 0 Å². The van der Waals surface area contributed by atoms with Crippen molar-refractivity contribution in [3.8, 4) is 0 Å². The van der Waals surface area contributed by atoms with Gasteiger partial charge in [-0.2, -0.15) is 13.2 Å². The fourth-order valence-electron chi connectivity index (χ4n) is 2.08. The van der Waals surface area contributed by atoms with Crippen molar-refractivity contribution in [1.29, 1.82) is 0 Å². The van der Waals surface area contributed by atoms with E-state index in [0.29, 0.717) is 4.88 Å². The van der Waals surface area contributed by atoms with Crippen molar-refractivity contribution in [3.05, 3.63) is 51.5 Å². The molecule has 2 aromatic rings. The summed E-state index contributed by atoms with van der Waals surface area (Å²) in [6, 6.07) is 3.94. The van der Waals surface area contributed by atoms with Crippen LogP contribution in [0.3, 0.4) is 0 Å². The Morgan fingerprint density at radius 1 is 1.00 bits per heavy atom. The highest BCUT2D eigenvalue weighted by atomic mass is 32.1. The Labute approximate surface area is 159 Å². The Balaban J connectivity index is 1.80. The number of hydrogen-bond donors (Lipinski definition) is 2. The van der Waals surface area contributed by atoms with E-state index in [2.05, 4.69) is 15.6 Å². The van der Waals surface area contributed by atoms with Gasteiger partial charge in [0.2, 0.25) is 0 Å². The summed E-state index contributed by atoms with van der Waals surface area (Å²) in [5, 5.41) is 6.06. The first-order chi connectivity index (χ1) is 12.5. The summed E-state index contributed by atoms with van der Waals surface area (Å²) in [5.74, 6) is -0.794. The van der Waals surface area contributed by atoms with Crippen molar-refractivity contribution < 1.29 is 22.8 Å². The number of aromatic nitrogens is 1. The maximum Gasteiger partial charge on any atom is 0.416 e. The van der Waals surface area contributed by atoms with Crippen molar-refractivity contribution in [2.24, 2.45) is 0 Å². The van der Waals surface area contributed by atoms with Crippen LogP contribution in [0.25, 0.3) is 0 Å². The SMILES string of the molecule is CC(C)(C)c1ncc(C(=O)NCCNC(=O)c2ccc(C(F)(F)F)cc2)s1. The van der Waals surface area contributed by atoms with Gasteiger partial charge in [-0.05, 0) is 24.3 Å². The van der Waals surface area contributed by atoms with Crippen molar-refractivity contribution in [3.63, 3.8) is 0 Å². The van der Waals surface area contributed by atoms with Crippen molar-refractivity contribution in [2.45, 2.75) is 32.4 Å². The molecule has 0 aliphatic carbocycles. The third kappa shape index (κ3) is 5.78. The Bertz CT molecular complexity index is 808. The topological polar surface area (TPSA) is 71.1 Å². The van der Waals surface area contributed by atoms with Crippen LogP contribution < -0.4 is 10.6 Å². The van der Waals surface area contributed by atoms with Gasteiger partial charge >= 0.3 is 6.18 Å². The average Bonchev–Trinajstić information content (AvgIpc) is 3.08. The molecule has 0 atom stereocenters. The quantitative estimate of drug-likeness (QED) is 0.755. The van der Waals surface area contributed by atoms with Gasteiger partial charge in [0.25, 0.3) is 11.8 Å². The molecule has 0 aliphatic heterocycles. The summed E-state index contributed by atoms with van der Waals surface area (Å²) in [6.07, 6.45) is -2.93. The molecule has 2 amide bonds. The number of nitrogens with zero attached hydrogens (tertiary/aromatic N) is 1. The van der Waals surface area contributed by atoms with E-state index in [1.54, 1.807) is 0 Å². The molecule has 9 heteroatoms. The summed E-state index contributed by atoms with van der Waals surface area (Å²) in [5.41, 5.74) is -0.837. The minimum Gasteiger partial charge on any atom is -0.350 e. The molecule has 0 unspecified atom stereocenters. The molecule has 2 N–H and O–H groups in total. The monoisotopic (exact) mass is 399 g/mol. The summed E-state index contributed by atoms with van der Waals surface area (Å²) in [4.78, 5) is 28.7. The molecule has 1 aromatic carbocycles. The summed E-state index contributed by atoms with van der Waals surface area (Å²) >= 11 is 1.31. The van der Waals surface area contributed by atoms with Gasteiger partial charge in [-0.1, -0.05) is 20.8 Å². The van der Waals surface area contributed by atoms with Crippen molar-refractivity contribution in [1.82, 2.24) is 15.6 Å². The van der Waals surface area contributed by atoms with Crippen molar-refractivity contribution in [2.75, 3.05) is 13.1 Å². The van der Waals surface area contributed by atoms with Gasteiger partial charge in [0.15, 0.2) is 0 Å². The van der Waals surface area contributed by atoms with Gasteiger partial charge in [-0.25, -0.2) is 4.98 Å². The minimum atomic E-state index is -4.44. The van der Waals surface area contributed by atoms with E-state index in [1.807, 2.05) is 20.8 Å². The normalized spacial score (nSPS) is 11.9. The van der Waals surface area contributed by atoms with Gasteiger partial charge in [0.1, 0.15) is 4.88 Å². The Morgan fingerprint density at radius 2 is 1.56 bits per heavy atom. The Kier molecular flexibility index (Phi) is 6.25. The van der Waals surface area contributed by atoms with E-state index in [9.17, 15) is 22.8 Å². The van der Waals surface area contributed by atoms with Crippen LogP contribution in [0.15, 0.2) is 30.5 Å². The number of nitrogens with one attached hydrogen (secondary N) is 2. The highest BCUT2D eigenvalue weighted by Crippen LogP contribution is 2.29. The number of thiazole rings is 1. The molecule has 0 spiro atoms. The van der Waals surface area contributed by atoms with Crippen LogP contribution in [-0.2, 0) is 11.6 Å². The van der Waals surface area contributed by atoms with Crippen LogP contribution >= 0.6 is 11.3 Å². The maximum atomic E-state index is 12.5. The lowest BCUT2D eigenvalue weighted by Crippen LogP contribution is -2.34. The molecule has 146 valence electrons. The average molecular weight is 399 g/mol. The lowest BCUT2D eigenvalue weighted by atomic mass is 9.98. The first-order valence-electron chi connectivity index (χ1n) is 8.18. The highest BCUT2D eigenvalue weighted by molar-refractivity contribution is 7.13. The number of amides is 2. The summed E-state index contributed by atoms with van der Waals surface area (Å²) in [6.45, 7) is 6.35. The third-order valence-electron chi connectivity index (χ3n) is 3.54. The summed E-state index contributed by atoms with van der Waals surface area (Å²) < 4.78 is 37.5. The second kappa shape index (κ2) is 8.08. The molecule has 0 saturated carbocycles. The zero-order valence-corrected chi connectivity index (χ0v) is 15.9. The number of halogens is 3. The van der Waals surface area contributed by atoms with E-state index in [0.717, 1.165) is 29.3 Å². The molecular formula is C18H20F3N3O2S. The molecule has 0 fully saturated rings. The van der Waals surface area contributed by atoms with Gasteiger partial charge in [-0.3, -0.25) is 9.59 Å². The van der Waals surface area contributed by atoms with E-state index in [-0.39, 0.29) is 30.0 Å². The van der Waals surface area contributed by atoms with Crippen molar-refractivity contribution >= 4 is 23.2 Å². The number of carbonyl (C=O) groups is 2. The molecule has 2 rings (SSSR count). The predicted molar refractivity (Wildman–Crippen MR) is 96.9 cm³/mol. The van der Waals surface area contributed by atoms with Crippen LogP contribution in [0.4, 0.5) is 13.2 Å². The number of rotatable bonds is 5. The van der Waals surface area contributed by atoms with Gasteiger partial charge in [-0.15, -0.1) is 11.3 Å². The molecule has 5 nitrogen and oxygen atoms in total. The van der Waals surface area contributed by atoms with E-state index in [1.165, 1.54) is 17.5 Å². The van der Waals surface area contributed by atoms with E-state index >= 15 is 0 Å². The van der Waals surface area contributed by atoms with Gasteiger partial charge in [0, 0.05) is 24.1 Å². The largest absolute Gasteiger partial charge is 0.416 e. The third-order valence-corrected chi connectivity index (χ3v) is 4.96. The summed E-state index contributed by atoms with van der Waals surface area (Å²) in [7, 11) is 0. The molecule has 27 heavy (non-hydrogen) atoms. The first kappa shape index (κ1) is 20.9. The number of alkyl halides is 3. The molecule has 0 bridgehead atoms. The van der Waals surface area contributed by atoms with E-state index < -0.39 is 17.6 Å². The maximum absolute atomic E-state index is 12.5. The predicted octanol–water partition coefficient (Wildman–Crippen LogP) is 3.62. The van der Waals surface area contributed by atoms with Crippen LogP contribution in [0.2, 0.25) is 0 Å². The zero-order chi connectivity index (χ0) is 20.2. The van der Waals surface area contributed by atoms with Crippen LogP contribution in [0, 0.1) is 0 Å². The second-order valence-corrected chi connectivity index (χ2v) is 7.90. The number of benzene rings is 1. The molecular weight excluding hydrogens is 379 g/mol. The molecule has 0 saturated heterocycles. The lowest BCUT2D eigenvalue weighted by molar-refractivity contribution is -0.137. The number of carbonyl (C=O) groups excluding carboxylic acids is 2. The van der Waals surface area contributed by atoms with Crippen LogP contribution in [-0.4, -0.2) is 29.9 Å². The zero-order valence-electron chi connectivity index (χ0n) is 15.1. The molecule has 0 aliphatic rings. The van der Waals surface area contributed by atoms with Crippen LogP contribution in [0.1, 0.15) is 51.4 Å². The Hall–Kier alpha value is -2.42. The molecule has 1 heterocycles. The first-order valence-corrected chi connectivity index (χ1v) is 9.00. The molecule has 1 aromatic heterocycles.